The highest BCUT2D eigenvalue weighted by molar-refractivity contribution is 7.98. The van der Waals surface area contributed by atoms with Gasteiger partial charge in [0.1, 0.15) is 0 Å². The summed E-state index contributed by atoms with van der Waals surface area (Å²) >= 11 is 3.71. The van der Waals surface area contributed by atoms with E-state index in [1.165, 1.54) is 48.1 Å². The zero-order valence-corrected chi connectivity index (χ0v) is 17.6. The lowest BCUT2D eigenvalue weighted by Gasteiger charge is -2.20. The Labute approximate surface area is 181 Å². The molecule has 0 aliphatic carbocycles. The number of thioether (sulfide) groups is 1. The molecular weight excluding hydrogens is 404 g/mol. The van der Waals surface area contributed by atoms with Crippen molar-refractivity contribution in [3.8, 4) is 16.8 Å². The van der Waals surface area contributed by atoms with Crippen LogP contribution in [0, 0.1) is 0 Å². The van der Waals surface area contributed by atoms with Crippen LogP contribution < -0.4 is 0 Å². The predicted molar refractivity (Wildman–Crippen MR) is 129 cm³/mol. The van der Waals surface area contributed by atoms with Crippen LogP contribution in [0.3, 0.4) is 0 Å². The van der Waals surface area contributed by atoms with Gasteiger partial charge in [-0.1, -0.05) is 72.4 Å². The van der Waals surface area contributed by atoms with Crippen LogP contribution in [0.15, 0.2) is 90.1 Å². The average molecular weight is 421 g/mol. The average Bonchev–Trinajstić information content (AvgIpc) is 3.37. The number of benzene rings is 4. The van der Waals surface area contributed by atoms with Crippen molar-refractivity contribution in [1.29, 1.82) is 0 Å². The molecule has 2 aromatic heterocycles. The maximum absolute atomic E-state index is 4.86. The minimum Gasteiger partial charge on any atom is -0.287 e. The van der Waals surface area contributed by atoms with Crippen molar-refractivity contribution in [2.24, 2.45) is 0 Å². The Kier molecular flexibility index (Phi) is 3.45. The Bertz CT molecular complexity index is 1610. The Morgan fingerprint density at radius 1 is 0.800 bits per heavy atom. The lowest BCUT2D eigenvalue weighted by Crippen LogP contribution is -2.06. The van der Waals surface area contributed by atoms with E-state index in [0.717, 1.165) is 16.4 Å². The van der Waals surface area contributed by atoms with Gasteiger partial charge in [0.2, 0.25) is 0 Å². The van der Waals surface area contributed by atoms with Crippen molar-refractivity contribution >= 4 is 54.3 Å². The van der Waals surface area contributed by atoms with Crippen LogP contribution in [0.1, 0.15) is 5.56 Å². The number of hydrogen-bond acceptors (Lipinski definition) is 3. The van der Waals surface area contributed by atoms with Crippen LogP contribution in [0.4, 0.5) is 0 Å². The summed E-state index contributed by atoms with van der Waals surface area (Å²) < 4.78 is 5.03. The summed E-state index contributed by atoms with van der Waals surface area (Å²) in [6.45, 7) is 0. The van der Waals surface area contributed by atoms with Gasteiger partial charge in [-0.05, 0) is 41.0 Å². The number of para-hydroxylation sites is 2. The van der Waals surface area contributed by atoms with Crippen molar-refractivity contribution in [3.05, 3.63) is 90.5 Å². The van der Waals surface area contributed by atoms with E-state index in [9.17, 15) is 0 Å². The normalized spacial score (nSPS) is 13.1. The highest BCUT2D eigenvalue weighted by Gasteiger charge is 2.21. The molecule has 0 bridgehead atoms. The summed E-state index contributed by atoms with van der Waals surface area (Å²) in [5, 5.41) is 3.77. The second-order valence-corrected chi connectivity index (χ2v) is 9.63. The summed E-state index contributed by atoms with van der Waals surface area (Å²) in [6.07, 6.45) is 0. The number of aromatic nitrogens is 2. The van der Waals surface area contributed by atoms with Gasteiger partial charge in [-0.2, -0.15) is 0 Å². The molecule has 0 radical (unpaired) electrons. The molecule has 0 spiro atoms. The zero-order chi connectivity index (χ0) is 19.7. The van der Waals surface area contributed by atoms with E-state index in [4.69, 9.17) is 4.98 Å². The smallest absolute Gasteiger partial charge is 0.174 e. The predicted octanol–water partition coefficient (Wildman–Crippen LogP) is 7.67. The van der Waals surface area contributed by atoms with E-state index < -0.39 is 0 Å². The highest BCUT2D eigenvalue weighted by Crippen LogP contribution is 2.42. The second kappa shape index (κ2) is 6.21. The van der Waals surface area contributed by atoms with Gasteiger partial charge in [-0.25, -0.2) is 4.98 Å². The molecule has 2 nitrogen and oxygen atoms in total. The van der Waals surface area contributed by atoms with Crippen LogP contribution in [0.5, 0.6) is 0 Å². The van der Waals surface area contributed by atoms with Gasteiger partial charge in [-0.15, -0.1) is 11.3 Å². The minimum absolute atomic E-state index is 0.964. The topological polar surface area (TPSA) is 17.8 Å². The molecule has 0 saturated heterocycles. The quantitative estimate of drug-likeness (QED) is 0.272. The van der Waals surface area contributed by atoms with Crippen molar-refractivity contribution in [2.45, 2.75) is 10.9 Å². The van der Waals surface area contributed by atoms with Crippen LogP contribution in [0.2, 0.25) is 0 Å². The fourth-order valence-electron chi connectivity index (χ4n) is 4.51. The summed E-state index contributed by atoms with van der Waals surface area (Å²) in [5.74, 6) is 0.964. The molecule has 142 valence electrons. The first-order valence-electron chi connectivity index (χ1n) is 10.0. The molecule has 4 heteroatoms. The maximum Gasteiger partial charge on any atom is 0.174 e. The number of hydrogen-bond donors (Lipinski definition) is 0. The Hall–Kier alpha value is -3.08. The van der Waals surface area contributed by atoms with Crippen molar-refractivity contribution < 1.29 is 0 Å². The number of nitrogens with zero attached hydrogens (tertiary/aromatic N) is 2. The van der Waals surface area contributed by atoms with Crippen molar-refractivity contribution in [1.82, 2.24) is 9.55 Å². The van der Waals surface area contributed by atoms with Crippen LogP contribution in [-0.2, 0) is 5.75 Å². The molecule has 0 amide bonds. The molecule has 0 atom stereocenters. The third kappa shape index (κ3) is 2.29. The number of thiophene rings is 1. The SMILES string of the molecule is c1ccc2c(c1)nc1n2-c2cc(-c3cccc4c3sc3ccccc34)ccc2CS1. The largest absolute Gasteiger partial charge is 0.287 e. The molecule has 0 unspecified atom stereocenters. The fraction of sp³-hybridized carbons (Fsp3) is 0.0385. The van der Waals surface area contributed by atoms with E-state index in [1.807, 2.05) is 23.1 Å². The molecule has 0 saturated carbocycles. The van der Waals surface area contributed by atoms with Gasteiger partial charge in [0.15, 0.2) is 5.16 Å². The Morgan fingerprint density at radius 3 is 2.67 bits per heavy atom. The third-order valence-corrected chi connectivity index (χ3v) is 8.14. The molecular formula is C26H16N2S2. The lowest BCUT2D eigenvalue weighted by atomic mass is 10.0. The van der Waals surface area contributed by atoms with Crippen LogP contribution in [-0.4, -0.2) is 9.55 Å². The van der Waals surface area contributed by atoms with Crippen molar-refractivity contribution in [2.75, 3.05) is 0 Å². The van der Waals surface area contributed by atoms with Crippen LogP contribution in [0.25, 0.3) is 48.0 Å². The van der Waals surface area contributed by atoms with Crippen molar-refractivity contribution in [3.63, 3.8) is 0 Å². The minimum atomic E-state index is 0.964. The first kappa shape index (κ1) is 16.7. The van der Waals surface area contributed by atoms with Gasteiger partial charge in [0.05, 0.1) is 16.7 Å². The molecule has 7 rings (SSSR count). The maximum atomic E-state index is 4.86. The molecule has 3 heterocycles. The first-order chi connectivity index (χ1) is 14.9. The molecule has 0 fully saturated rings. The molecule has 1 aliphatic heterocycles. The summed E-state index contributed by atoms with van der Waals surface area (Å²) in [7, 11) is 0. The van der Waals surface area contributed by atoms with Gasteiger partial charge in [-0.3, -0.25) is 4.57 Å². The standard InChI is InChI=1S/C26H16N2S2/c1-4-11-24-19(6-1)20-8-5-7-18(25(20)30-24)16-12-13-17-15-29-26-27-21-9-2-3-10-22(21)28(26)23(17)14-16/h1-14H,15H2. The number of imidazole rings is 1. The Balaban J connectivity index is 1.50. The van der Waals surface area contributed by atoms with E-state index in [2.05, 4.69) is 89.5 Å². The van der Waals surface area contributed by atoms with Gasteiger partial charge in [0.25, 0.3) is 0 Å². The summed E-state index contributed by atoms with van der Waals surface area (Å²) in [6, 6.07) is 30.7. The Morgan fingerprint density at radius 2 is 1.67 bits per heavy atom. The van der Waals surface area contributed by atoms with Crippen LogP contribution >= 0.6 is 23.1 Å². The zero-order valence-electron chi connectivity index (χ0n) is 16.0. The first-order valence-corrected chi connectivity index (χ1v) is 11.8. The third-order valence-electron chi connectivity index (χ3n) is 5.93. The monoisotopic (exact) mass is 420 g/mol. The van der Waals surface area contributed by atoms with Gasteiger partial charge in [0, 0.05) is 25.9 Å². The van der Waals surface area contributed by atoms with Gasteiger partial charge < -0.3 is 0 Å². The van der Waals surface area contributed by atoms with E-state index in [0.29, 0.717) is 0 Å². The molecule has 1 aliphatic rings. The number of fused-ring (bicyclic) bond motifs is 8. The number of rotatable bonds is 1. The summed E-state index contributed by atoms with van der Waals surface area (Å²) in [5.41, 5.74) is 7.43. The van der Waals surface area contributed by atoms with E-state index in [1.54, 1.807) is 0 Å². The molecule has 4 aromatic carbocycles. The lowest BCUT2D eigenvalue weighted by molar-refractivity contribution is 0.895. The fourth-order valence-corrected chi connectivity index (χ4v) is 6.77. The van der Waals surface area contributed by atoms with E-state index >= 15 is 0 Å². The highest BCUT2D eigenvalue weighted by atomic mass is 32.2. The molecule has 0 N–H and O–H groups in total. The van der Waals surface area contributed by atoms with Gasteiger partial charge >= 0.3 is 0 Å². The molecule has 6 aromatic rings. The van der Waals surface area contributed by atoms with E-state index in [-0.39, 0.29) is 0 Å². The molecule has 30 heavy (non-hydrogen) atoms. The second-order valence-electron chi connectivity index (χ2n) is 7.63. The summed E-state index contributed by atoms with van der Waals surface area (Å²) in [4.78, 5) is 4.86.